The minimum Gasteiger partial charge on any atom is -0.447 e. The van der Waals surface area contributed by atoms with Gasteiger partial charge in [-0.15, -0.1) is 0 Å². The number of rotatable bonds is 8. The smallest absolute Gasteiger partial charge is 0.411 e. The fourth-order valence-corrected chi connectivity index (χ4v) is 4.68. The topological polar surface area (TPSA) is 79.0 Å². The molecule has 182 valence electrons. The first-order valence-corrected chi connectivity index (χ1v) is 12.0. The predicted octanol–water partition coefficient (Wildman–Crippen LogP) is 3.79. The molecule has 36 heavy (non-hydrogen) atoms. The van der Waals surface area contributed by atoms with Gasteiger partial charge >= 0.3 is 6.09 Å². The monoisotopic (exact) mass is 481 g/mol. The van der Waals surface area contributed by atoms with E-state index in [1.54, 1.807) is 0 Å². The molecule has 2 unspecified atom stereocenters. The van der Waals surface area contributed by atoms with Gasteiger partial charge in [-0.1, -0.05) is 103 Å². The van der Waals surface area contributed by atoms with Crippen LogP contribution in [0.4, 0.5) is 4.79 Å². The molecule has 2 aliphatic rings. The van der Waals surface area contributed by atoms with Crippen molar-refractivity contribution in [3.8, 4) is 0 Å². The van der Waals surface area contributed by atoms with Crippen molar-refractivity contribution in [2.75, 3.05) is 13.2 Å². The largest absolute Gasteiger partial charge is 0.447 e. The molecule has 0 aliphatic carbocycles. The summed E-state index contributed by atoms with van der Waals surface area (Å²) in [5, 5.41) is 2.88. The molecule has 2 aliphatic heterocycles. The lowest BCUT2D eigenvalue weighted by atomic mass is 9.90. The second kappa shape index (κ2) is 10.5. The molecule has 1 N–H and O–H groups in total. The summed E-state index contributed by atoms with van der Waals surface area (Å²) in [4.78, 5) is 41.9. The SMILES string of the molecule is O=C(CN1C(=O)C(N2C(=O)OC[C@@H]2c2ccccc2)C1C=Cc1ccccc1)NCc1ccccc1. The fourth-order valence-electron chi connectivity index (χ4n) is 4.68. The van der Waals surface area contributed by atoms with Crippen molar-refractivity contribution in [3.63, 3.8) is 0 Å². The number of hydrogen-bond acceptors (Lipinski definition) is 4. The van der Waals surface area contributed by atoms with Crippen LogP contribution in [0.25, 0.3) is 6.08 Å². The van der Waals surface area contributed by atoms with E-state index in [1.165, 1.54) is 9.80 Å². The average Bonchev–Trinajstić information content (AvgIpc) is 3.30. The Kier molecular flexibility index (Phi) is 6.80. The Morgan fingerprint density at radius 2 is 1.56 bits per heavy atom. The number of amides is 3. The van der Waals surface area contributed by atoms with Crippen molar-refractivity contribution in [2.24, 2.45) is 0 Å². The molecule has 0 bridgehead atoms. The first-order chi connectivity index (χ1) is 17.6. The number of benzene rings is 3. The minimum absolute atomic E-state index is 0.0924. The lowest BCUT2D eigenvalue weighted by Crippen LogP contribution is -2.71. The van der Waals surface area contributed by atoms with Crippen LogP contribution in [-0.4, -0.2) is 52.9 Å². The van der Waals surface area contributed by atoms with Crippen molar-refractivity contribution in [1.82, 2.24) is 15.1 Å². The number of carbonyl (C=O) groups is 3. The van der Waals surface area contributed by atoms with Crippen LogP contribution in [0.5, 0.6) is 0 Å². The van der Waals surface area contributed by atoms with Gasteiger partial charge in [-0.2, -0.15) is 0 Å². The molecule has 7 heteroatoms. The van der Waals surface area contributed by atoms with Gasteiger partial charge < -0.3 is 15.0 Å². The summed E-state index contributed by atoms with van der Waals surface area (Å²) in [5.41, 5.74) is 2.85. The van der Waals surface area contributed by atoms with Gasteiger partial charge in [0.25, 0.3) is 0 Å². The second-order valence-electron chi connectivity index (χ2n) is 8.84. The quantitative estimate of drug-likeness (QED) is 0.497. The maximum Gasteiger partial charge on any atom is 0.411 e. The van der Waals surface area contributed by atoms with Crippen molar-refractivity contribution < 1.29 is 19.1 Å². The van der Waals surface area contributed by atoms with E-state index < -0.39 is 18.2 Å². The van der Waals surface area contributed by atoms with Gasteiger partial charge in [0.15, 0.2) is 0 Å². The molecule has 0 spiro atoms. The van der Waals surface area contributed by atoms with Crippen molar-refractivity contribution in [1.29, 1.82) is 0 Å². The number of carbonyl (C=O) groups excluding carboxylic acids is 3. The minimum atomic E-state index is -0.743. The summed E-state index contributed by atoms with van der Waals surface area (Å²) >= 11 is 0. The molecule has 3 amide bonds. The average molecular weight is 482 g/mol. The Morgan fingerprint density at radius 3 is 2.25 bits per heavy atom. The molecule has 0 aromatic heterocycles. The van der Waals surface area contributed by atoms with Crippen molar-refractivity contribution in [2.45, 2.75) is 24.7 Å². The first-order valence-electron chi connectivity index (χ1n) is 12.0. The van der Waals surface area contributed by atoms with Crippen LogP contribution < -0.4 is 5.32 Å². The number of β-lactam (4-membered cyclic amide) rings is 1. The van der Waals surface area contributed by atoms with Crippen LogP contribution >= 0.6 is 0 Å². The highest BCUT2D eigenvalue weighted by Crippen LogP contribution is 2.37. The van der Waals surface area contributed by atoms with Gasteiger partial charge in [0.1, 0.15) is 19.2 Å². The molecule has 0 saturated carbocycles. The van der Waals surface area contributed by atoms with E-state index in [0.717, 1.165) is 16.7 Å². The maximum absolute atomic E-state index is 13.4. The summed E-state index contributed by atoms with van der Waals surface area (Å²) in [7, 11) is 0. The molecule has 3 aromatic carbocycles. The molecular formula is C29H27N3O4. The van der Waals surface area contributed by atoms with E-state index in [-0.39, 0.29) is 31.0 Å². The van der Waals surface area contributed by atoms with Crippen LogP contribution in [0.1, 0.15) is 22.7 Å². The lowest BCUT2D eigenvalue weighted by molar-refractivity contribution is -0.157. The molecule has 2 heterocycles. The third-order valence-electron chi connectivity index (χ3n) is 6.55. The van der Waals surface area contributed by atoms with Crippen molar-refractivity contribution >= 4 is 24.0 Å². The molecule has 3 aromatic rings. The predicted molar refractivity (Wildman–Crippen MR) is 135 cm³/mol. The normalized spacial score (nSPS) is 21.4. The highest BCUT2D eigenvalue weighted by atomic mass is 16.6. The van der Waals surface area contributed by atoms with Gasteiger partial charge in [-0.25, -0.2) is 4.79 Å². The number of ether oxygens (including phenoxy) is 1. The highest BCUT2D eigenvalue weighted by Gasteiger charge is 2.55. The van der Waals surface area contributed by atoms with Crippen LogP contribution in [0.15, 0.2) is 97.1 Å². The van der Waals surface area contributed by atoms with Gasteiger partial charge in [0.05, 0.1) is 12.1 Å². The molecule has 2 saturated heterocycles. The molecule has 3 atom stereocenters. The van der Waals surface area contributed by atoms with Crippen LogP contribution in [0.2, 0.25) is 0 Å². The maximum atomic E-state index is 13.4. The zero-order valence-electron chi connectivity index (χ0n) is 19.7. The fraction of sp³-hybridized carbons (Fsp3) is 0.207. The van der Waals surface area contributed by atoms with E-state index in [0.29, 0.717) is 6.54 Å². The summed E-state index contributed by atoms with van der Waals surface area (Å²) < 4.78 is 5.37. The number of hydrogen-bond donors (Lipinski definition) is 1. The summed E-state index contributed by atoms with van der Waals surface area (Å²) in [6.45, 7) is 0.467. The number of likely N-dealkylation sites (tertiary alicyclic amines) is 1. The zero-order chi connectivity index (χ0) is 24.9. The van der Waals surface area contributed by atoms with E-state index in [4.69, 9.17) is 4.74 Å². The first kappa shape index (κ1) is 23.4. The third kappa shape index (κ3) is 4.86. The molecule has 5 rings (SSSR count). The van der Waals surface area contributed by atoms with Gasteiger partial charge in [0, 0.05) is 6.54 Å². The summed E-state index contributed by atoms with van der Waals surface area (Å²) in [6, 6.07) is 27.3. The Morgan fingerprint density at radius 1 is 0.917 bits per heavy atom. The molecule has 7 nitrogen and oxygen atoms in total. The summed E-state index contributed by atoms with van der Waals surface area (Å²) in [6.07, 6.45) is 3.28. The molecule has 0 radical (unpaired) electrons. The van der Waals surface area contributed by atoms with E-state index in [9.17, 15) is 14.4 Å². The van der Waals surface area contributed by atoms with E-state index in [1.807, 2.05) is 103 Å². The van der Waals surface area contributed by atoms with Crippen LogP contribution in [0.3, 0.4) is 0 Å². The Labute approximate surface area is 210 Å². The zero-order valence-corrected chi connectivity index (χ0v) is 19.7. The number of cyclic esters (lactones) is 1. The van der Waals surface area contributed by atoms with E-state index >= 15 is 0 Å². The molecular weight excluding hydrogens is 454 g/mol. The van der Waals surface area contributed by atoms with Gasteiger partial charge in [0.2, 0.25) is 11.8 Å². The number of nitrogens with zero attached hydrogens (tertiary/aromatic N) is 2. The standard InChI is InChI=1S/C29H27N3O4/c33-26(30-18-22-12-6-2-7-13-22)19-31-24(17-16-21-10-4-1-5-11-21)27(28(31)34)32-25(20-36-29(32)35)23-14-8-3-9-15-23/h1-17,24-25,27H,18-20H2,(H,30,33)/t24?,25-,27?/m1/s1. The number of nitrogens with one attached hydrogen (secondary N) is 1. The highest BCUT2D eigenvalue weighted by molar-refractivity contribution is 5.96. The van der Waals surface area contributed by atoms with Crippen LogP contribution in [-0.2, 0) is 20.9 Å². The van der Waals surface area contributed by atoms with Gasteiger partial charge in [-0.05, 0) is 16.7 Å². The van der Waals surface area contributed by atoms with E-state index in [2.05, 4.69) is 5.32 Å². The summed E-state index contributed by atoms with van der Waals surface area (Å²) in [5.74, 6) is -0.528. The second-order valence-corrected chi connectivity index (χ2v) is 8.84. The molecule has 2 fully saturated rings. The van der Waals surface area contributed by atoms with Gasteiger partial charge in [-0.3, -0.25) is 14.5 Å². The lowest BCUT2D eigenvalue weighted by Gasteiger charge is -2.49. The Balaban J connectivity index is 1.36. The Hall–Kier alpha value is -4.39. The van der Waals surface area contributed by atoms with Crippen LogP contribution in [0, 0.1) is 0 Å². The third-order valence-corrected chi connectivity index (χ3v) is 6.55. The Bertz CT molecular complexity index is 1250. The van der Waals surface area contributed by atoms with Crippen molar-refractivity contribution in [3.05, 3.63) is 114 Å².